The van der Waals surface area contributed by atoms with Crippen molar-refractivity contribution in [3.05, 3.63) is 6.07 Å². The minimum Gasteiger partial charge on any atom is -0.504 e. The molecule has 0 spiro atoms. The lowest BCUT2D eigenvalue weighted by molar-refractivity contribution is 0.381. The second kappa shape index (κ2) is 4.74. The van der Waals surface area contributed by atoms with Crippen LogP contribution in [0.5, 0.6) is 17.2 Å². The van der Waals surface area contributed by atoms with E-state index < -0.39 is 27.6 Å². The van der Waals surface area contributed by atoms with Crippen LogP contribution < -0.4 is 11.5 Å². The molecule has 0 atom stereocenters. The van der Waals surface area contributed by atoms with Crippen LogP contribution in [0, 0.1) is 0 Å². The van der Waals surface area contributed by atoms with Crippen LogP contribution in [0.4, 0.5) is 11.4 Å². The van der Waals surface area contributed by atoms with Crippen molar-refractivity contribution in [1.29, 1.82) is 0 Å². The van der Waals surface area contributed by atoms with Crippen LogP contribution in [0.3, 0.4) is 0 Å². The van der Waals surface area contributed by atoms with Crippen molar-refractivity contribution in [3.8, 4) is 17.2 Å². The summed E-state index contributed by atoms with van der Waals surface area (Å²) in [5.74, 6) is -1.42. The molecular formula is C6H10N2O7S. The molecule has 0 fully saturated rings. The van der Waals surface area contributed by atoms with E-state index in [4.69, 9.17) is 44.3 Å². The standard InChI is InChI=1S/C6H8N2O3.H2O4S/c7-2-1-3(9)6(11)4(8)5(2)10;1-5(2,3)4/h1,9-11H,7-8H2;(H2,1,2,3,4). The van der Waals surface area contributed by atoms with Gasteiger partial charge in [0.2, 0.25) is 0 Å². The van der Waals surface area contributed by atoms with E-state index in [1.54, 1.807) is 0 Å². The molecular weight excluding hydrogens is 244 g/mol. The van der Waals surface area contributed by atoms with Crippen LogP contribution in [-0.2, 0) is 10.4 Å². The van der Waals surface area contributed by atoms with E-state index in [2.05, 4.69) is 0 Å². The van der Waals surface area contributed by atoms with Gasteiger partial charge in [-0.1, -0.05) is 0 Å². The number of nitrogen functional groups attached to an aromatic ring is 2. The predicted octanol–water partition coefficient (Wildman–Crippen LogP) is -0.685. The number of phenols is 3. The quantitative estimate of drug-likeness (QED) is 0.136. The van der Waals surface area contributed by atoms with Gasteiger partial charge in [0, 0.05) is 6.07 Å². The summed E-state index contributed by atoms with van der Waals surface area (Å²) in [7, 11) is -4.67. The zero-order valence-electron chi connectivity index (χ0n) is 7.69. The molecule has 9 nitrogen and oxygen atoms in total. The molecule has 0 amide bonds. The topological polar surface area (TPSA) is 187 Å². The number of phenolic OH excluding ortho intramolecular Hbond substituents is 3. The zero-order valence-corrected chi connectivity index (χ0v) is 8.51. The molecule has 0 aromatic heterocycles. The highest BCUT2D eigenvalue weighted by molar-refractivity contribution is 7.79. The molecule has 0 unspecified atom stereocenters. The number of hydrogen-bond donors (Lipinski definition) is 7. The Morgan fingerprint density at radius 1 is 1.00 bits per heavy atom. The second-order valence-corrected chi connectivity index (χ2v) is 3.44. The fourth-order valence-electron chi connectivity index (χ4n) is 0.690. The van der Waals surface area contributed by atoms with Crippen LogP contribution in [-0.4, -0.2) is 32.8 Å². The molecule has 0 saturated heterocycles. The Kier molecular flexibility index (Phi) is 4.17. The van der Waals surface area contributed by atoms with E-state index in [-0.39, 0.29) is 11.4 Å². The fraction of sp³-hybridized carbons (Fsp3) is 0. The summed E-state index contributed by atoms with van der Waals surface area (Å²) in [6.45, 7) is 0. The number of benzene rings is 1. The summed E-state index contributed by atoms with van der Waals surface area (Å²) in [6.07, 6.45) is 0. The lowest BCUT2D eigenvalue weighted by Crippen LogP contribution is -1.92. The van der Waals surface area contributed by atoms with Crippen molar-refractivity contribution in [2.24, 2.45) is 0 Å². The first kappa shape index (κ1) is 14.1. The zero-order chi connectivity index (χ0) is 13.1. The van der Waals surface area contributed by atoms with Crippen LogP contribution >= 0.6 is 0 Å². The van der Waals surface area contributed by atoms with Gasteiger partial charge in [0.15, 0.2) is 17.2 Å². The Bertz CT molecular complexity index is 450. The molecule has 0 aliphatic heterocycles. The van der Waals surface area contributed by atoms with Gasteiger partial charge < -0.3 is 26.8 Å². The van der Waals surface area contributed by atoms with Gasteiger partial charge in [0.25, 0.3) is 0 Å². The van der Waals surface area contributed by atoms with Crippen molar-refractivity contribution in [2.75, 3.05) is 11.5 Å². The highest BCUT2D eigenvalue weighted by atomic mass is 32.3. The average Bonchev–Trinajstić information content (AvgIpc) is 2.09. The van der Waals surface area contributed by atoms with Gasteiger partial charge in [-0.25, -0.2) is 0 Å². The van der Waals surface area contributed by atoms with Gasteiger partial charge >= 0.3 is 10.4 Å². The summed E-state index contributed by atoms with van der Waals surface area (Å²) in [5.41, 5.74) is 9.94. The molecule has 16 heavy (non-hydrogen) atoms. The summed E-state index contributed by atoms with van der Waals surface area (Å²) < 4.78 is 31.6. The molecule has 1 rings (SSSR count). The molecule has 9 N–H and O–H groups in total. The normalized spacial score (nSPS) is 10.4. The number of anilines is 2. The van der Waals surface area contributed by atoms with Crippen LogP contribution in [0.15, 0.2) is 6.07 Å². The third kappa shape index (κ3) is 4.54. The van der Waals surface area contributed by atoms with Crippen LogP contribution in [0.2, 0.25) is 0 Å². The smallest absolute Gasteiger partial charge is 0.394 e. The summed E-state index contributed by atoms with van der Waals surface area (Å²) >= 11 is 0. The van der Waals surface area contributed by atoms with Gasteiger partial charge in [-0.15, -0.1) is 0 Å². The third-order valence-electron chi connectivity index (χ3n) is 1.32. The first-order valence-corrected chi connectivity index (χ1v) is 4.92. The molecule has 92 valence electrons. The maximum absolute atomic E-state index is 8.99. The van der Waals surface area contributed by atoms with Gasteiger partial charge in [-0.2, -0.15) is 8.42 Å². The van der Waals surface area contributed by atoms with Crippen molar-refractivity contribution in [3.63, 3.8) is 0 Å². The van der Waals surface area contributed by atoms with Crippen molar-refractivity contribution in [2.45, 2.75) is 0 Å². The largest absolute Gasteiger partial charge is 0.504 e. The molecule has 0 aliphatic carbocycles. The van der Waals surface area contributed by atoms with Crippen molar-refractivity contribution >= 4 is 21.8 Å². The lowest BCUT2D eigenvalue weighted by Gasteiger charge is -2.05. The Hall–Kier alpha value is -1.91. The highest BCUT2D eigenvalue weighted by Crippen LogP contribution is 2.41. The maximum atomic E-state index is 8.99. The SMILES string of the molecule is Nc1cc(O)c(O)c(N)c1O.O=S(=O)(O)O. The minimum absolute atomic E-state index is 0.0715. The molecule has 0 heterocycles. The molecule has 0 radical (unpaired) electrons. The Morgan fingerprint density at radius 2 is 1.38 bits per heavy atom. The summed E-state index contributed by atoms with van der Waals surface area (Å²) in [6, 6.07) is 1.01. The van der Waals surface area contributed by atoms with Gasteiger partial charge in [0.1, 0.15) is 5.69 Å². The number of rotatable bonds is 0. The third-order valence-corrected chi connectivity index (χ3v) is 1.32. The Balaban J connectivity index is 0.000000385. The fourth-order valence-corrected chi connectivity index (χ4v) is 0.690. The van der Waals surface area contributed by atoms with Crippen LogP contribution in [0.25, 0.3) is 0 Å². The molecule has 10 heteroatoms. The number of aromatic hydroxyl groups is 3. The van der Waals surface area contributed by atoms with E-state index in [0.29, 0.717) is 0 Å². The lowest BCUT2D eigenvalue weighted by atomic mass is 10.2. The van der Waals surface area contributed by atoms with E-state index >= 15 is 0 Å². The molecule has 0 saturated carbocycles. The Morgan fingerprint density at radius 3 is 1.75 bits per heavy atom. The van der Waals surface area contributed by atoms with Gasteiger partial charge in [0.05, 0.1) is 5.69 Å². The molecule has 0 bridgehead atoms. The van der Waals surface area contributed by atoms with E-state index in [9.17, 15) is 0 Å². The van der Waals surface area contributed by atoms with E-state index in [0.717, 1.165) is 6.07 Å². The average molecular weight is 254 g/mol. The molecule has 1 aromatic carbocycles. The maximum Gasteiger partial charge on any atom is 0.394 e. The first-order chi connectivity index (χ1) is 7.04. The Labute approximate surface area is 90.1 Å². The molecule has 0 aliphatic rings. The minimum atomic E-state index is -4.67. The van der Waals surface area contributed by atoms with Crippen LogP contribution in [0.1, 0.15) is 0 Å². The highest BCUT2D eigenvalue weighted by Gasteiger charge is 2.11. The first-order valence-electron chi connectivity index (χ1n) is 3.52. The van der Waals surface area contributed by atoms with E-state index in [1.807, 2.05) is 0 Å². The monoisotopic (exact) mass is 254 g/mol. The predicted molar refractivity (Wildman–Crippen MR) is 54.4 cm³/mol. The number of hydrogen-bond acceptors (Lipinski definition) is 7. The van der Waals surface area contributed by atoms with Crippen molar-refractivity contribution in [1.82, 2.24) is 0 Å². The van der Waals surface area contributed by atoms with Crippen molar-refractivity contribution < 1.29 is 32.8 Å². The summed E-state index contributed by atoms with van der Waals surface area (Å²) in [5, 5.41) is 26.8. The van der Waals surface area contributed by atoms with Gasteiger partial charge in [-0.05, 0) is 0 Å². The van der Waals surface area contributed by atoms with Gasteiger partial charge in [-0.3, -0.25) is 9.11 Å². The second-order valence-electron chi connectivity index (χ2n) is 2.54. The van der Waals surface area contributed by atoms with E-state index in [1.165, 1.54) is 0 Å². The molecule has 1 aromatic rings. The number of nitrogens with two attached hydrogens (primary N) is 2. The summed E-state index contributed by atoms with van der Waals surface area (Å²) in [4.78, 5) is 0.